The predicted octanol–water partition coefficient (Wildman–Crippen LogP) is 3.94. The van der Waals surface area contributed by atoms with Gasteiger partial charge in [0.15, 0.2) is 0 Å². The second-order valence-electron chi connectivity index (χ2n) is 5.48. The van der Waals surface area contributed by atoms with Crippen molar-refractivity contribution in [1.29, 1.82) is 0 Å². The Morgan fingerprint density at radius 1 is 1.20 bits per heavy atom. The maximum absolute atomic E-state index is 3.64. The van der Waals surface area contributed by atoms with Crippen molar-refractivity contribution in [2.75, 3.05) is 6.54 Å². The summed E-state index contributed by atoms with van der Waals surface area (Å²) in [6, 6.07) is 22.7. The van der Waals surface area contributed by atoms with Gasteiger partial charge in [-0.2, -0.15) is 30.3 Å². The zero-order valence-corrected chi connectivity index (χ0v) is 14.8. The smallest absolute Gasteiger partial charge is 0 e. The van der Waals surface area contributed by atoms with Gasteiger partial charge in [0, 0.05) is 32.7 Å². The zero-order chi connectivity index (χ0) is 13.1. The van der Waals surface area contributed by atoms with Crippen LogP contribution in [-0.4, -0.2) is 6.54 Å². The molecule has 0 spiro atoms. The van der Waals surface area contributed by atoms with Crippen molar-refractivity contribution in [3.63, 3.8) is 0 Å². The standard InChI is InChI=1S/C18H20N.Y/c1-14(15-8-4-2-5-9-15)19-13-17-12-18(17)16-10-6-3-7-11-16;/h2-4,6-11,14,17-19H,12-13H2,1H3;/q-1;/t14?,17-,18-;/m0./s1. The maximum Gasteiger partial charge on any atom is 0 e. The van der Waals surface area contributed by atoms with E-state index in [2.05, 4.69) is 66.8 Å². The molecule has 3 rings (SSSR count). The van der Waals surface area contributed by atoms with Crippen LogP contribution in [0.4, 0.5) is 0 Å². The van der Waals surface area contributed by atoms with E-state index in [-0.39, 0.29) is 32.7 Å². The summed E-state index contributed by atoms with van der Waals surface area (Å²) in [6.07, 6.45) is 1.32. The first-order valence-electron chi connectivity index (χ1n) is 7.09. The first-order chi connectivity index (χ1) is 9.34. The number of rotatable bonds is 5. The molecule has 1 radical (unpaired) electrons. The molecular formula is C18H20NY-. The van der Waals surface area contributed by atoms with E-state index < -0.39 is 0 Å². The van der Waals surface area contributed by atoms with Crippen LogP contribution in [0.25, 0.3) is 0 Å². The van der Waals surface area contributed by atoms with Crippen LogP contribution in [0.5, 0.6) is 0 Å². The van der Waals surface area contributed by atoms with Crippen LogP contribution in [-0.2, 0) is 32.7 Å². The van der Waals surface area contributed by atoms with Gasteiger partial charge in [-0.05, 0) is 36.4 Å². The van der Waals surface area contributed by atoms with Crippen LogP contribution >= 0.6 is 0 Å². The molecule has 0 heterocycles. The van der Waals surface area contributed by atoms with Crippen LogP contribution in [0.2, 0.25) is 0 Å². The Bertz CT molecular complexity index is 511. The number of hydrogen-bond acceptors (Lipinski definition) is 1. The summed E-state index contributed by atoms with van der Waals surface area (Å²) in [7, 11) is 0. The molecule has 0 amide bonds. The summed E-state index contributed by atoms with van der Waals surface area (Å²) >= 11 is 0. The number of nitrogens with one attached hydrogen (secondary N) is 1. The Balaban J connectivity index is 0.00000147. The molecule has 0 bridgehead atoms. The van der Waals surface area contributed by atoms with Crippen molar-refractivity contribution in [2.45, 2.75) is 25.3 Å². The van der Waals surface area contributed by atoms with E-state index in [9.17, 15) is 0 Å². The molecule has 2 heteroatoms. The van der Waals surface area contributed by atoms with E-state index in [0.717, 1.165) is 18.4 Å². The van der Waals surface area contributed by atoms with Crippen molar-refractivity contribution < 1.29 is 32.7 Å². The first-order valence-corrected chi connectivity index (χ1v) is 7.09. The average Bonchev–Trinajstić information content (AvgIpc) is 3.26. The second-order valence-corrected chi connectivity index (χ2v) is 5.48. The fraction of sp³-hybridized carbons (Fsp3) is 0.333. The molecule has 1 aliphatic rings. The van der Waals surface area contributed by atoms with E-state index in [1.165, 1.54) is 17.5 Å². The van der Waals surface area contributed by atoms with Crippen LogP contribution in [0.15, 0.2) is 54.6 Å². The van der Waals surface area contributed by atoms with Crippen molar-refractivity contribution in [1.82, 2.24) is 5.32 Å². The van der Waals surface area contributed by atoms with Gasteiger partial charge in [-0.15, -0.1) is 5.56 Å². The third-order valence-corrected chi connectivity index (χ3v) is 4.07. The van der Waals surface area contributed by atoms with Crippen molar-refractivity contribution in [3.05, 3.63) is 71.8 Å². The van der Waals surface area contributed by atoms with Crippen molar-refractivity contribution in [2.24, 2.45) is 5.92 Å². The Kier molecular flexibility index (Phi) is 5.95. The van der Waals surface area contributed by atoms with E-state index in [4.69, 9.17) is 0 Å². The molecule has 1 aliphatic carbocycles. The fourth-order valence-corrected chi connectivity index (χ4v) is 2.70. The summed E-state index contributed by atoms with van der Waals surface area (Å²) in [5, 5.41) is 3.64. The van der Waals surface area contributed by atoms with Gasteiger partial charge in [-0.25, -0.2) is 0 Å². The second kappa shape index (κ2) is 7.49. The molecule has 0 aromatic heterocycles. The van der Waals surface area contributed by atoms with Crippen molar-refractivity contribution >= 4 is 0 Å². The average molecular weight is 339 g/mol. The molecule has 1 unspecified atom stereocenters. The number of benzene rings is 2. The quantitative estimate of drug-likeness (QED) is 0.814. The van der Waals surface area contributed by atoms with Gasteiger partial charge in [-0.1, -0.05) is 37.3 Å². The SMILES string of the molecule is CC(NC[C@@H]1C[C@H]1c1ccccc1)c1c[c-]ccc1.[Y]. The summed E-state index contributed by atoms with van der Waals surface area (Å²) in [5.74, 6) is 1.57. The van der Waals surface area contributed by atoms with Gasteiger partial charge in [0.2, 0.25) is 0 Å². The van der Waals surface area contributed by atoms with Crippen LogP contribution in [0.1, 0.15) is 36.4 Å². The van der Waals surface area contributed by atoms with Gasteiger partial charge in [0.1, 0.15) is 0 Å². The van der Waals surface area contributed by atoms with E-state index >= 15 is 0 Å². The molecule has 20 heavy (non-hydrogen) atoms. The normalized spacial score (nSPS) is 21.9. The molecule has 1 fully saturated rings. The zero-order valence-electron chi connectivity index (χ0n) is 11.9. The van der Waals surface area contributed by atoms with Gasteiger partial charge in [-0.3, -0.25) is 0 Å². The van der Waals surface area contributed by atoms with Crippen molar-refractivity contribution in [3.8, 4) is 0 Å². The molecule has 3 atom stereocenters. The van der Waals surface area contributed by atoms with Gasteiger partial charge in [0.25, 0.3) is 0 Å². The molecule has 2 aromatic carbocycles. The van der Waals surface area contributed by atoms with E-state index in [0.29, 0.717) is 6.04 Å². The molecule has 0 aliphatic heterocycles. The maximum atomic E-state index is 3.64. The minimum Gasteiger partial charge on any atom is -0.321 e. The Morgan fingerprint density at radius 3 is 2.70 bits per heavy atom. The molecule has 1 N–H and O–H groups in total. The van der Waals surface area contributed by atoms with Gasteiger partial charge < -0.3 is 5.32 Å². The van der Waals surface area contributed by atoms with E-state index in [1.54, 1.807) is 0 Å². The number of hydrogen-bond donors (Lipinski definition) is 1. The summed E-state index contributed by atoms with van der Waals surface area (Å²) in [6.45, 7) is 3.33. The van der Waals surface area contributed by atoms with Crippen LogP contribution in [0.3, 0.4) is 0 Å². The van der Waals surface area contributed by atoms with Gasteiger partial charge >= 0.3 is 0 Å². The monoisotopic (exact) mass is 339 g/mol. The third-order valence-electron chi connectivity index (χ3n) is 4.07. The van der Waals surface area contributed by atoms with E-state index in [1.807, 2.05) is 6.07 Å². The summed E-state index contributed by atoms with van der Waals surface area (Å²) < 4.78 is 0. The molecule has 1 nitrogen and oxygen atoms in total. The summed E-state index contributed by atoms with van der Waals surface area (Å²) in [5.41, 5.74) is 2.81. The first kappa shape index (κ1) is 15.9. The largest absolute Gasteiger partial charge is 0.321 e. The molecule has 101 valence electrons. The molecule has 2 aromatic rings. The molecule has 1 saturated carbocycles. The third kappa shape index (κ3) is 4.00. The predicted molar refractivity (Wildman–Crippen MR) is 79.0 cm³/mol. The van der Waals surface area contributed by atoms with Crippen LogP contribution in [0, 0.1) is 12.0 Å². The minimum atomic E-state index is 0. The van der Waals surface area contributed by atoms with Gasteiger partial charge in [0.05, 0.1) is 0 Å². The Hall–Kier alpha value is -0.496. The van der Waals surface area contributed by atoms with Crippen LogP contribution < -0.4 is 5.32 Å². The topological polar surface area (TPSA) is 12.0 Å². The minimum absolute atomic E-state index is 0. The Morgan fingerprint density at radius 2 is 2.00 bits per heavy atom. The Labute approximate surface area is 147 Å². The summed E-state index contributed by atoms with van der Waals surface area (Å²) in [4.78, 5) is 0. The molecule has 0 saturated heterocycles. The fourth-order valence-electron chi connectivity index (χ4n) is 2.70. The molecular weight excluding hydrogens is 319 g/mol.